The number of amides is 2. The molecule has 4 rings (SSSR count). The fourth-order valence-corrected chi connectivity index (χ4v) is 3.94. The molecule has 3 aromatic rings. The lowest BCUT2D eigenvalue weighted by molar-refractivity contribution is -0.132. The number of carbonyl (C=O) groups is 3. The number of methoxy groups -OCH3 is 1. The number of Topliss-reactive ketones (excluding diaryl/α,β-unsaturated/α-hetero) is 1. The number of aromatic hydroxyl groups is 1. The van der Waals surface area contributed by atoms with E-state index >= 15 is 0 Å². The highest BCUT2D eigenvalue weighted by atomic mass is 16.5. The van der Waals surface area contributed by atoms with Crippen molar-refractivity contribution in [2.24, 2.45) is 0 Å². The second-order valence-electron chi connectivity index (χ2n) is 7.69. The molecule has 0 spiro atoms. The summed E-state index contributed by atoms with van der Waals surface area (Å²) in [6.07, 6.45) is 0. The number of hydrogen-bond donors (Lipinski definition) is 3. The lowest BCUT2D eigenvalue weighted by Crippen LogP contribution is -2.29. The summed E-state index contributed by atoms with van der Waals surface area (Å²) in [5.74, 6) is -2.17. The molecule has 34 heavy (non-hydrogen) atoms. The van der Waals surface area contributed by atoms with Crippen LogP contribution in [0.25, 0.3) is 5.76 Å². The van der Waals surface area contributed by atoms with Crippen LogP contribution in [0, 0.1) is 0 Å². The molecule has 172 valence electrons. The number of rotatable bonds is 5. The third-order valence-corrected chi connectivity index (χ3v) is 5.48. The summed E-state index contributed by atoms with van der Waals surface area (Å²) in [5, 5.41) is 23.8. The van der Waals surface area contributed by atoms with Crippen LogP contribution < -0.4 is 15.0 Å². The van der Waals surface area contributed by atoms with Gasteiger partial charge in [0, 0.05) is 23.9 Å². The van der Waals surface area contributed by atoms with Crippen LogP contribution in [-0.4, -0.2) is 34.9 Å². The van der Waals surface area contributed by atoms with Gasteiger partial charge in [0.25, 0.3) is 11.7 Å². The Bertz CT molecular complexity index is 1300. The average molecular weight is 458 g/mol. The molecule has 0 saturated carbocycles. The van der Waals surface area contributed by atoms with Crippen molar-refractivity contribution in [3.8, 4) is 11.5 Å². The van der Waals surface area contributed by atoms with E-state index in [1.165, 1.54) is 31.1 Å². The molecule has 1 heterocycles. The summed E-state index contributed by atoms with van der Waals surface area (Å²) in [6.45, 7) is 1.38. The lowest BCUT2D eigenvalue weighted by atomic mass is 9.94. The molecule has 1 atom stereocenters. The van der Waals surface area contributed by atoms with Gasteiger partial charge in [0.15, 0.2) is 11.5 Å². The van der Waals surface area contributed by atoms with Crippen molar-refractivity contribution < 1.29 is 29.3 Å². The average Bonchev–Trinajstić information content (AvgIpc) is 3.10. The highest BCUT2D eigenvalue weighted by molar-refractivity contribution is 6.51. The molecule has 0 radical (unpaired) electrons. The molecule has 1 saturated heterocycles. The molecule has 3 aromatic carbocycles. The number of phenolic OH excluding ortho intramolecular Hbond substituents is 1. The summed E-state index contributed by atoms with van der Waals surface area (Å²) in [4.78, 5) is 39.0. The van der Waals surface area contributed by atoms with E-state index in [1.54, 1.807) is 60.7 Å². The van der Waals surface area contributed by atoms with Gasteiger partial charge in [-0.1, -0.05) is 36.4 Å². The Kier molecular flexibility index (Phi) is 6.05. The Hall–Kier alpha value is -4.59. The minimum Gasteiger partial charge on any atom is -0.507 e. The zero-order chi connectivity index (χ0) is 24.4. The van der Waals surface area contributed by atoms with Gasteiger partial charge in [0.05, 0.1) is 18.7 Å². The second kappa shape index (κ2) is 9.11. The molecule has 1 fully saturated rings. The van der Waals surface area contributed by atoms with Crippen molar-refractivity contribution in [1.82, 2.24) is 0 Å². The van der Waals surface area contributed by atoms with Crippen LogP contribution in [0.1, 0.15) is 24.1 Å². The van der Waals surface area contributed by atoms with E-state index in [-0.39, 0.29) is 28.7 Å². The van der Waals surface area contributed by atoms with Gasteiger partial charge in [-0.25, -0.2) is 0 Å². The van der Waals surface area contributed by atoms with Crippen LogP contribution in [0.5, 0.6) is 11.5 Å². The summed E-state index contributed by atoms with van der Waals surface area (Å²) in [5.41, 5.74) is 1.67. The van der Waals surface area contributed by atoms with Gasteiger partial charge in [-0.15, -0.1) is 0 Å². The highest BCUT2D eigenvalue weighted by Crippen LogP contribution is 2.44. The molecule has 0 bridgehead atoms. The maximum Gasteiger partial charge on any atom is 0.300 e. The largest absolute Gasteiger partial charge is 0.507 e. The predicted molar refractivity (Wildman–Crippen MR) is 127 cm³/mol. The quantitative estimate of drug-likeness (QED) is 0.303. The van der Waals surface area contributed by atoms with Crippen molar-refractivity contribution in [3.05, 3.63) is 89.5 Å². The SMILES string of the molecule is COc1cc([C@H]2C(=C(O)c3ccccc3)C(=O)C(=O)N2c2ccc(NC(C)=O)cc2)ccc1O. The van der Waals surface area contributed by atoms with E-state index in [0.29, 0.717) is 22.5 Å². The van der Waals surface area contributed by atoms with Gasteiger partial charge in [0.2, 0.25) is 5.91 Å². The van der Waals surface area contributed by atoms with Gasteiger partial charge in [-0.3, -0.25) is 19.3 Å². The molecule has 1 aliphatic heterocycles. The predicted octanol–water partition coefficient (Wildman–Crippen LogP) is 3.99. The zero-order valence-electron chi connectivity index (χ0n) is 18.5. The van der Waals surface area contributed by atoms with E-state index in [1.807, 2.05) is 0 Å². The summed E-state index contributed by atoms with van der Waals surface area (Å²) >= 11 is 0. The van der Waals surface area contributed by atoms with Crippen LogP contribution in [0.4, 0.5) is 11.4 Å². The van der Waals surface area contributed by atoms with Crippen LogP contribution >= 0.6 is 0 Å². The summed E-state index contributed by atoms with van der Waals surface area (Å²) < 4.78 is 5.22. The molecule has 8 heteroatoms. The van der Waals surface area contributed by atoms with Crippen LogP contribution in [-0.2, 0) is 14.4 Å². The number of aliphatic hydroxyl groups is 1. The summed E-state index contributed by atoms with van der Waals surface area (Å²) in [6, 6.07) is 18.4. The number of anilines is 2. The maximum absolute atomic E-state index is 13.2. The molecule has 1 aliphatic rings. The number of phenols is 1. The normalized spacial score (nSPS) is 17.0. The third kappa shape index (κ3) is 4.09. The Morgan fingerprint density at radius 2 is 1.68 bits per heavy atom. The molecule has 0 unspecified atom stereocenters. The van der Waals surface area contributed by atoms with Crippen LogP contribution in [0.2, 0.25) is 0 Å². The number of hydrogen-bond acceptors (Lipinski definition) is 6. The highest BCUT2D eigenvalue weighted by Gasteiger charge is 2.47. The van der Waals surface area contributed by atoms with E-state index in [9.17, 15) is 24.6 Å². The molecule has 2 amide bonds. The topological polar surface area (TPSA) is 116 Å². The van der Waals surface area contributed by atoms with Crippen molar-refractivity contribution in [2.75, 3.05) is 17.3 Å². The second-order valence-corrected chi connectivity index (χ2v) is 7.69. The van der Waals surface area contributed by atoms with Gasteiger partial charge < -0.3 is 20.3 Å². The van der Waals surface area contributed by atoms with Gasteiger partial charge in [-0.2, -0.15) is 0 Å². The first-order chi connectivity index (χ1) is 16.3. The monoisotopic (exact) mass is 458 g/mol. The Morgan fingerprint density at radius 1 is 1.00 bits per heavy atom. The van der Waals surface area contributed by atoms with E-state index < -0.39 is 17.7 Å². The van der Waals surface area contributed by atoms with E-state index in [4.69, 9.17) is 4.74 Å². The van der Waals surface area contributed by atoms with E-state index in [0.717, 1.165) is 0 Å². The summed E-state index contributed by atoms with van der Waals surface area (Å²) in [7, 11) is 1.39. The number of ketones is 1. The number of benzene rings is 3. The lowest BCUT2D eigenvalue weighted by Gasteiger charge is -2.26. The standard InChI is InChI=1S/C26H22N2O6/c1-15(29)27-18-9-11-19(12-10-18)28-23(17-8-13-20(30)21(14-17)34-2)22(25(32)26(28)33)24(31)16-6-4-3-5-7-16/h3-14,23,30-31H,1-2H3,(H,27,29)/t23-/m0/s1. The maximum atomic E-state index is 13.2. The molecular formula is C26H22N2O6. The number of nitrogens with zero attached hydrogens (tertiary/aromatic N) is 1. The van der Waals surface area contributed by atoms with Crippen molar-refractivity contribution in [3.63, 3.8) is 0 Å². The van der Waals surface area contributed by atoms with Gasteiger partial charge in [0.1, 0.15) is 5.76 Å². The Balaban J connectivity index is 1.90. The fraction of sp³-hybridized carbons (Fsp3) is 0.115. The minimum atomic E-state index is -0.985. The third-order valence-electron chi connectivity index (χ3n) is 5.48. The molecule has 8 nitrogen and oxygen atoms in total. The first-order valence-corrected chi connectivity index (χ1v) is 10.4. The van der Waals surface area contributed by atoms with Crippen LogP contribution in [0.3, 0.4) is 0 Å². The number of carbonyl (C=O) groups excluding carboxylic acids is 3. The Labute approximate surface area is 195 Å². The molecule has 3 N–H and O–H groups in total. The molecule has 0 aliphatic carbocycles. The fourth-order valence-electron chi connectivity index (χ4n) is 3.94. The molecule has 0 aromatic heterocycles. The van der Waals surface area contributed by atoms with E-state index in [2.05, 4.69) is 5.32 Å². The number of ether oxygens (including phenoxy) is 1. The zero-order valence-corrected chi connectivity index (χ0v) is 18.5. The first-order valence-electron chi connectivity index (χ1n) is 10.4. The van der Waals surface area contributed by atoms with Crippen molar-refractivity contribution in [2.45, 2.75) is 13.0 Å². The Morgan fingerprint density at radius 3 is 2.29 bits per heavy atom. The number of nitrogens with one attached hydrogen (secondary N) is 1. The van der Waals surface area contributed by atoms with Crippen molar-refractivity contribution in [1.29, 1.82) is 0 Å². The van der Waals surface area contributed by atoms with Crippen molar-refractivity contribution >= 4 is 34.7 Å². The van der Waals surface area contributed by atoms with Gasteiger partial charge in [-0.05, 0) is 42.0 Å². The molecular weight excluding hydrogens is 436 g/mol. The first kappa shape index (κ1) is 22.6. The minimum absolute atomic E-state index is 0.0881. The van der Waals surface area contributed by atoms with Crippen LogP contribution in [0.15, 0.2) is 78.4 Å². The number of aliphatic hydroxyl groups excluding tert-OH is 1. The smallest absolute Gasteiger partial charge is 0.300 e. The van der Waals surface area contributed by atoms with Gasteiger partial charge >= 0.3 is 0 Å².